The van der Waals surface area contributed by atoms with Crippen LogP contribution < -0.4 is 10.2 Å². The maximum Gasteiger partial charge on any atom is 0.409 e. The van der Waals surface area contributed by atoms with Crippen molar-refractivity contribution < 1.29 is 50.6 Å². The zero-order valence-corrected chi connectivity index (χ0v) is 19.6. The summed E-state index contributed by atoms with van der Waals surface area (Å²) >= 11 is 0. The number of hydrogen-bond acceptors (Lipinski definition) is 8. The van der Waals surface area contributed by atoms with E-state index in [-0.39, 0.29) is 25.5 Å². The molecule has 0 aromatic heterocycles. The van der Waals surface area contributed by atoms with Crippen LogP contribution >= 0.6 is 0 Å². The number of hydrogen-bond donors (Lipinski definition) is 2. The van der Waals surface area contributed by atoms with Crippen molar-refractivity contribution >= 4 is 22.0 Å². The maximum absolute atomic E-state index is 14.7. The molecular formula is C21H22F3N3O8S. The Hall–Kier alpha value is -3.40. The Kier molecular flexibility index (Phi) is 8.73. The first-order chi connectivity index (χ1) is 17.1. The Bertz CT molecular complexity index is 1190. The van der Waals surface area contributed by atoms with Crippen molar-refractivity contribution in [2.24, 2.45) is 0 Å². The highest BCUT2D eigenvalue weighted by Gasteiger charge is 2.42. The quantitative estimate of drug-likeness (QED) is 0.298. The zero-order valence-electron chi connectivity index (χ0n) is 18.8. The van der Waals surface area contributed by atoms with Crippen molar-refractivity contribution in [3.8, 4) is 11.5 Å². The van der Waals surface area contributed by atoms with Gasteiger partial charge in [0.15, 0.2) is 17.4 Å². The standard InChI is InChI=1S/C21H22F3N3O8S/c1-33-8-9-34-21(29)26-6-7-27(18(12-26)20(28)25-30)36(31,32)15-10-16(23)19(17(24)11-15)35-14-4-2-13(22)3-5-14/h2-5,10-11,18,30H,6-9,12H2,1H3,(H,25,28)/t18-/m1/s1. The van der Waals surface area contributed by atoms with E-state index in [4.69, 9.17) is 19.4 Å². The molecule has 3 rings (SSSR count). The molecule has 196 valence electrons. The molecule has 1 aliphatic rings. The summed E-state index contributed by atoms with van der Waals surface area (Å²) in [7, 11) is -3.30. The Morgan fingerprint density at radius 1 is 1.08 bits per heavy atom. The molecule has 2 amide bonds. The van der Waals surface area contributed by atoms with E-state index in [0.29, 0.717) is 16.4 Å². The van der Waals surface area contributed by atoms with E-state index < -0.39 is 69.3 Å². The Balaban J connectivity index is 1.85. The van der Waals surface area contributed by atoms with Crippen molar-refractivity contribution in [2.45, 2.75) is 10.9 Å². The average molecular weight is 533 g/mol. The molecule has 1 atom stereocenters. The molecule has 0 saturated carbocycles. The molecule has 36 heavy (non-hydrogen) atoms. The van der Waals surface area contributed by atoms with E-state index >= 15 is 0 Å². The van der Waals surface area contributed by atoms with Gasteiger partial charge in [-0.25, -0.2) is 31.9 Å². The van der Waals surface area contributed by atoms with Crippen LogP contribution in [0.2, 0.25) is 0 Å². The molecule has 1 heterocycles. The lowest BCUT2D eigenvalue weighted by atomic mass is 10.2. The molecule has 11 nitrogen and oxygen atoms in total. The number of benzene rings is 2. The molecule has 1 saturated heterocycles. The van der Waals surface area contributed by atoms with Gasteiger partial charge in [-0.15, -0.1) is 0 Å². The fourth-order valence-electron chi connectivity index (χ4n) is 3.35. The predicted octanol–water partition coefficient (Wildman–Crippen LogP) is 1.86. The first-order valence-electron chi connectivity index (χ1n) is 10.4. The van der Waals surface area contributed by atoms with E-state index in [1.54, 1.807) is 0 Å². The van der Waals surface area contributed by atoms with Crippen LogP contribution in [0, 0.1) is 17.5 Å². The fraction of sp³-hybridized carbons (Fsp3) is 0.333. The van der Waals surface area contributed by atoms with Gasteiger partial charge in [-0.1, -0.05) is 0 Å². The molecule has 0 radical (unpaired) electrons. The van der Waals surface area contributed by atoms with Crippen LogP contribution in [0.5, 0.6) is 11.5 Å². The maximum atomic E-state index is 14.7. The van der Waals surface area contributed by atoms with E-state index in [1.165, 1.54) is 12.6 Å². The second-order valence-electron chi connectivity index (χ2n) is 7.43. The second-order valence-corrected chi connectivity index (χ2v) is 9.32. The van der Waals surface area contributed by atoms with Gasteiger partial charge >= 0.3 is 6.09 Å². The molecule has 0 spiro atoms. The lowest BCUT2D eigenvalue weighted by Gasteiger charge is -2.38. The van der Waals surface area contributed by atoms with E-state index in [1.807, 2.05) is 0 Å². The minimum Gasteiger partial charge on any atom is -0.451 e. The number of ether oxygens (including phenoxy) is 3. The number of halogens is 3. The smallest absolute Gasteiger partial charge is 0.409 e. The first-order valence-corrected chi connectivity index (χ1v) is 11.8. The van der Waals surface area contributed by atoms with Crippen LogP contribution in [-0.4, -0.2) is 80.8 Å². The number of sulfonamides is 1. The SMILES string of the molecule is COCCOC(=O)N1CCN(S(=O)(=O)c2cc(F)c(Oc3ccc(F)cc3)c(F)c2)[C@@H](C(=O)NO)C1. The molecule has 0 aliphatic carbocycles. The van der Waals surface area contributed by atoms with Crippen molar-refractivity contribution in [3.63, 3.8) is 0 Å². The third kappa shape index (κ3) is 6.04. The molecule has 2 N–H and O–H groups in total. The van der Waals surface area contributed by atoms with Crippen molar-refractivity contribution in [1.82, 2.24) is 14.7 Å². The fourth-order valence-corrected chi connectivity index (χ4v) is 4.95. The van der Waals surface area contributed by atoms with Crippen molar-refractivity contribution in [1.29, 1.82) is 0 Å². The van der Waals surface area contributed by atoms with Crippen LogP contribution in [0.15, 0.2) is 41.3 Å². The van der Waals surface area contributed by atoms with E-state index in [9.17, 15) is 31.2 Å². The number of carbonyl (C=O) groups is 2. The van der Waals surface area contributed by atoms with Gasteiger partial charge in [0.1, 0.15) is 24.2 Å². The number of methoxy groups -OCH3 is 1. The van der Waals surface area contributed by atoms with Gasteiger partial charge in [-0.05, 0) is 36.4 Å². The molecular weight excluding hydrogens is 511 g/mol. The lowest BCUT2D eigenvalue weighted by Crippen LogP contribution is -2.61. The van der Waals surface area contributed by atoms with E-state index in [0.717, 1.165) is 29.2 Å². The summed E-state index contributed by atoms with van der Waals surface area (Å²) in [5.41, 5.74) is 1.32. The molecule has 2 aromatic rings. The minimum atomic E-state index is -4.70. The Morgan fingerprint density at radius 2 is 1.72 bits per heavy atom. The van der Waals surface area contributed by atoms with Crippen LogP contribution in [0.25, 0.3) is 0 Å². The van der Waals surface area contributed by atoms with Crippen LogP contribution in [0.4, 0.5) is 18.0 Å². The van der Waals surface area contributed by atoms with Gasteiger partial charge in [0.2, 0.25) is 10.0 Å². The molecule has 15 heteroatoms. The minimum absolute atomic E-state index is 0.0877. The highest BCUT2D eigenvalue weighted by Crippen LogP contribution is 2.32. The van der Waals surface area contributed by atoms with Crippen LogP contribution in [-0.2, 0) is 24.3 Å². The lowest BCUT2D eigenvalue weighted by molar-refractivity contribution is -0.134. The number of piperazine rings is 1. The van der Waals surface area contributed by atoms with Gasteiger partial charge in [0, 0.05) is 26.7 Å². The van der Waals surface area contributed by atoms with E-state index in [2.05, 4.69) is 0 Å². The number of hydroxylamine groups is 1. The summed E-state index contributed by atoms with van der Waals surface area (Å²) in [6.45, 7) is -1.14. The Labute approximate surface area is 204 Å². The first kappa shape index (κ1) is 27.2. The normalized spacial score (nSPS) is 16.5. The monoisotopic (exact) mass is 533 g/mol. The third-order valence-electron chi connectivity index (χ3n) is 5.13. The topological polar surface area (TPSA) is 135 Å². The summed E-state index contributed by atoms with van der Waals surface area (Å²) in [5.74, 6) is -5.55. The van der Waals surface area contributed by atoms with Gasteiger partial charge < -0.3 is 19.1 Å². The predicted molar refractivity (Wildman–Crippen MR) is 115 cm³/mol. The second kappa shape index (κ2) is 11.6. The van der Waals surface area contributed by atoms with Crippen LogP contribution in [0.3, 0.4) is 0 Å². The van der Waals surface area contributed by atoms with Crippen LogP contribution in [0.1, 0.15) is 0 Å². The largest absolute Gasteiger partial charge is 0.451 e. The summed E-state index contributed by atoms with van der Waals surface area (Å²) in [6.07, 6.45) is -0.848. The number of rotatable bonds is 8. The summed E-state index contributed by atoms with van der Waals surface area (Å²) in [4.78, 5) is 24.6. The number of nitrogens with one attached hydrogen (secondary N) is 1. The van der Waals surface area contributed by atoms with Crippen molar-refractivity contribution in [3.05, 3.63) is 53.8 Å². The number of amides is 2. The molecule has 2 aromatic carbocycles. The van der Waals surface area contributed by atoms with Gasteiger partial charge in [-0.3, -0.25) is 10.0 Å². The molecule has 0 unspecified atom stereocenters. The third-order valence-corrected chi connectivity index (χ3v) is 7.01. The van der Waals surface area contributed by atoms with Crippen molar-refractivity contribution in [2.75, 3.05) is 40.0 Å². The molecule has 1 fully saturated rings. The van der Waals surface area contributed by atoms with Gasteiger partial charge in [0.05, 0.1) is 11.5 Å². The average Bonchev–Trinajstić information content (AvgIpc) is 2.86. The number of nitrogens with zero attached hydrogens (tertiary/aromatic N) is 2. The summed E-state index contributed by atoms with van der Waals surface area (Å²) in [6, 6.07) is 3.61. The summed E-state index contributed by atoms with van der Waals surface area (Å²) < 4.78 is 84.3. The number of carbonyl (C=O) groups excluding carboxylic acids is 2. The molecule has 1 aliphatic heterocycles. The molecule has 0 bridgehead atoms. The Morgan fingerprint density at radius 3 is 2.31 bits per heavy atom. The highest BCUT2D eigenvalue weighted by molar-refractivity contribution is 7.89. The highest BCUT2D eigenvalue weighted by atomic mass is 32.2. The van der Waals surface area contributed by atoms with Gasteiger partial charge in [-0.2, -0.15) is 4.31 Å². The summed E-state index contributed by atoms with van der Waals surface area (Å²) in [5, 5.41) is 9.09. The van der Waals surface area contributed by atoms with Gasteiger partial charge in [0.25, 0.3) is 5.91 Å². The zero-order chi connectivity index (χ0) is 26.5.